The zero-order valence-electron chi connectivity index (χ0n) is 11.5. The second kappa shape index (κ2) is 7.11. The quantitative estimate of drug-likeness (QED) is 0.747. The number of carbonyl (C=O) groups is 2. The Labute approximate surface area is 128 Å². The first-order valence-corrected chi connectivity index (χ1v) is 7.04. The Bertz CT molecular complexity index is 619. The van der Waals surface area contributed by atoms with Gasteiger partial charge in [-0.25, -0.2) is 0 Å². The molecule has 0 aliphatic carbocycles. The number of benzene rings is 1. The molecule has 1 aromatic rings. The van der Waals surface area contributed by atoms with Crippen LogP contribution in [0.15, 0.2) is 18.2 Å². The van der Waals surface area contributed by atoms with Crippen molar-refractivity contribution in [3.05, 3.63) is 34.3 Å². The summed E-state index contributed by atoms with van der Waals surface area (Å²) >= 11 is 6.12. The van der Waals surface area contributed by atoms with Gasteiger partial charge < -0.3 is 16.0 Å². The standard InChI is InChI=1S/C15H16ClN3O2/c16-13-9-12(5-4-11(13)3-1-6-17)15(21)19-8-2-7-18-14(20)10-19/h4-5,9H,2,6-8,10,17H2,(H,18,20). The van der Waals surface area contributed by atoms with Gasteiger partial charge in [-0.15, -0.1) is 0 Å². The lowest BCUT2D eigenvalue weighted by Crippen LogP contribution is -2.37. The lowest BCUT2D eigenvalue weighted by Gasteiger charge is -2.19. The zero-order chi connectivity index (χ0) is 15.2. The Balaban J connectivity index is 2.19. The van der Waals surface area contributed by atoms with E-state index in [0.717, 1.165) is 6.42 Å². The lowest BCUT2D eigenvalue weighted by molar-refractivity contribution is -0.121. The Morgan fingerprint density at radius 1 is 1.48 bits per heavy atom. The molecule has 2 amide bonds. The highest BCUT2D eigenvalue weighted by atomic mass is 35.5. The molecule has 0 aromatic heterocycles. The van der Waals surface area contributed by atoms with Crippen LogP contribution in [0.2, 0.25) is 5.02 Å². The van der Waals surface area contributed by atoms with Crippen molar-refractivity contribution in [3.8, 4) is 11.8 Å². The molecule has 1 aliphatic rings. The number of hydrogen-bond acceptors (Lipinski definition) is 3. The van der Waals surface area contributed by atoms with E-state index in [9.17, 15) is 9.59 Å². The molecule has 0 spiro atoms. The van der Waals surface area contributed by atoms with Gasteiger partial charge in [-0.05, 0) is 24.6 Å². The van der Waals surface area contributed by atoms with E-state index in [1.807, 2.05) is 0 Å². The van der Waals surface area contributed by atoms with Crippen LogP contribution in [-0.2, 0) is 4.79 Å². The van der Waals surface area contributed by atoms with Gasteiger partial charge in [0.05, 0.1) is 18.1 Å². The maximum absolute atomic E-state index is 12.4. The van der Waals surface area contributed by atoms with Gasteiger partial charge in [0.15, 0.2) is 0 Å². The molecule has 5 nitrogen and oxygen atoms in total. The molecule has 1 saturated heterocycles. The summed E-state index contributed by atoms with van der Waals surface area (Å²) in [4.78, 5) is 25.4. The third-order valence-electron chi connectivity index (χ3n) is 3.09. The van der Waals surface area contributed by atoms with Crippen LogP contribution in [-0.4, -0.2) is 42.9 Å². The highest BCUT2D eigenvalue weighted by Gasteiger charge is 2.21. The molecule has 0 saturated carbocycles. The summed E-state index contributed by atoms with van der Waals surface area (Å²) in [5.41, 5.74) is 6.40. The third-order valence-corrected chi connectivity index (χ3v) is 3.40. The van der Waals surface area contributed by atoms with E-state index in [4.69, 9.17) is 17.3 Å². The summed E-state index contributed by atoms with van der Waals surface area (Å²) in [6.45, 7) is 1.46. The number of nitrogens with one attached hydrogen (secondary N) is 1. The number of nitrogens with zero attached hydrogens (tertiary/aromatic N) is 1. The highest BCUT2D eigenvalue weighted by Crippen LogP contribution is 2.18. The fraction of sp³-hybridized carbons (Fsp3) is 0.333. The van der Waals surface area contributed by atoms with Crippen molar-refractivity contribution >= 4 is 23.4 Å². The van der Waals surface area contributed by atoms with Gasteiger partial charge in [0, 0.05) is 24.2 Å². The fourth-order valence-electron chi connectivity index (χ4n) is 2.06. The van der Waals surface area contributed by atoms with Crippen molar-refractivity contribution in [1.29, 1.82) is 0 Å². The predicted octanol–water partition coefficient (Wildman–Crippen LogP) is 0.612. The van der Waals surface area contributed by atoms with Crippen LogP contribution in [0, 0.1) is 11.8 Å². The van der Waals surface area contributed by atoms with Crippen molar-refractivity contribution in [1.82, 2.24) is 10.2 Å². The predicted molar refractivity (Wildman–Crippen MR) is 80.9 cm³/mol. The number of carbonyl (C=O) groups excluding carboxylic acids is 2. The van der Waals surface area contributed by atoms with Crippen LogP contribution in [0.5, 0.6) is 0 Å². The summed E-state index contributed by atoms with van der Waals surface area (Å²) in [6, 6.07) is 4.93. The Morgan fingerprint density at radius 3 is 3.00 bits per heavy atom. The van der Waals surface area contributed by atoms with Crippen molar-refractivity contribution in [2.45, 2.75) is 6.42 Å². The maximum Gasteiger partial charge on any atom is 0.254 e. The van der Waals surface area contributed by atoms with Gasteiger partial charge in [0.1, 0.15) is 0 Å². The van der Waals surface area contributed by atoms with E-state index in [0.29, 0.717) is 29.2 Å². The van der Waals surface area contributed by atoms with E-state index in [2.05, 4.69) is 17.2 Å². The molecule has 1 aromatic carbocycles. The minimum absolute atomic E-state index is 0.0746. The highest BCUT2D eigenvalue weighted by molar-refractivity contribution is 6.32. The number of halogens is 1. The van der Waals surface area contributed by atoms with E-state index < -0.39 is 0 Å². The van der Waals surface area contributed by atoms with Gasteiger partial charge in [0.2, 0.25) is 5.91 Å². The van der Waals surface area contributed by atoms with Crippen molar-refractivity contribution in [2.75, 3.05) is 26.2 Å². The van der Waals surface area contributed by atoms with E-state index in [-0.39, 0.29) is 24.9 Å². The average molecular weight is 306 g/mol. The minimum atomic E-state index is -0.202. The summed E-state index contributed by atoms with van der Waals surface area (Å²) < 4.78 is 0. The Hall–Kier alpha value is -2.03. The molecule has 0 radical (unpaired) electrons. The first kappa shape index (κ1) is 15.4. The van der Waals surface area contributed by atoms with Crippen molar-refractivity contribution < 1.29 is 9.59 Å². The van der Waals surface area contributed by atoms with Crippen LogP contribution in [0.25, 0.3) is 0 Å². The van der Waals surface area contributed by atoms with Gasteiger partial charge in [-0.3, -0.25) is 9.59 Å². The molecule has 1 fully saturated rings. The van der Waals surface area contributed by atoms with Crippen LogP contribution >= 0.6 is 11.6 Å². The number of nitrogens with two attached hydrogens (primary N) is 1. The molecule has 2 rings (SSSR count). The molecular formula is C15H16ClN3O2. The largest absolute Gasteiger partial charge is 0.354 e. The van der Waals surface area contributed by atoms with Crippen LogP contribution < -0.4 is 11.1 Å². The number of amides is 2. The van der Waals surface area contributed by atoms with Crippen LogP contribution in [0.4, 0.5) is 0 Å². The molecule has 1 heterocycles. The summed E-state index contributed by atoms with van der Waals surface area (Å²) in [6.07, 6.45) is 0.741. The molecular weight excluding hydrogens is 290 g/mol. The van der Waals surface area contributed by atoms with Crippen molar-refractivity contribution in [2.24, 2.45) is 5.73 Å². The second-order valence-electron chi connectivity index (χ2n) is 4.63. The molecule has 21 heavy (non-hydrogen) atoms. The topological polar surface area (TPSA) is 75.4 Å². The first-order chi connectivity index (χ1) is 10.1. The second-order valence-corrected chi connectivity index (χ2v) is 5.04. The van der Waals surface area contributed by atoms with Gasteiger partial charge in [-0.1, -0.05) is 23.4 Å². The first-order valence-electron chi connectivity index (χ1n) is 6.66. The zero-order valence-corrected chi connectivity index (χ0v) is 12.2. The summed E-state index contributed by atoms with van der Waals surface area (Å²) in [7, 11) is 0. The monoisotopic (exact) mass is 305 g/mol. The number of hydrogen-bond donors (Lipinski definition) is 2. The van der Waals surface area contributed by atoms with Gasteiger partial charge >= 0.3 is 0 Å². The SMILES string of the molecule is NCC#Cc1ccc(C(=O)N2CCCNC(=O)C2)cc1Cl. The van der Waals surface area contributed by atoms with E-state index >= 15 is 0 Å². The summed E-state index contributed by atoms with van der Waals surface area (Å²) in [5, 5.41) is 3.14. The average Bonchev–Trinajstić information content (AvgIpc) is 2.70. The molecule has 110 valence electrons. The molecule has 3 N–H and O–H groups in total. The summed E-state index contributed by atoms with van der Waals surface area (Å²) in [5.74, 6) is 5.21. The van der Waals surface area contributed by atoms with E-state index in [1.54, 1.807) is 18.2 Å². The maximum atomic E-state index is 12.4. The Morgan fingerprint density at radius 2 is 2.29 bits per heavy atom. The third kappa shape index (κ3) is 3.97. The molecule has 1 aliphatic heterocycles. The molecule has 0 bridgehead atoms. The van der Waals surface area contributed by atoms with E-state index in [1.165, 1.54) is 4.90 Å². The van der Waals surface area contributed by atoms with Crippen molar-refractivity contribution in [3.63, 3.8) is 0 Å². The lowest BCUT2D eigenvalue weighted by atomic mass is 10.1. The fourth-order valence-corrected chi connectivity index (χ4v) is 2.29. The minimum Gasteiger partial charge on any atom is -0.354 e. The smallest absolute Gasteiger partial charge is 0.254 e. The Kier molecular flexibility index (Phi) is 5.20. The van der Waals surface area contributed by atoms with Gasteiger partial charge in [-0.2, -0.15) is 0 Å². The van der Waals surface area contributed by atoms with Gasteiger partial charge in [0.25, 0.3) is 5.91 Å². The number of rotatable bonds is 1. The normalized spacial score (nSPS) is 14.8. The molecule has 6 heteroatoms. The van der Waals surface area contributed by atoms with Crippen LogP contribution in [0.3, 0.4) is 0 Å². The van der Waals surface area contributed by atoms with Crippen LogP contribution in [0.1, 0.15) is 22.3 Å². The molecule has 0 atom stereocenters. The molecule has 0 unspecified atom stereocenters.